The monoisotopic (exact) mass is 467 g/mol. The molecule has 0 rings (SSSR count). The van der Waals surface area contributed by atoms with Gasteiger partial charge in [0.1, 0.15) is 6.54 Å². The summed E-state index contributed by atoms with van der Waals surface area (Å²) >= 11 is 0. The van der Waals surface area contributed by atoms with Crippen molar-refractivity contribution in [1.29, 1.82) is 0 Å². The van der Waals surface area contributed by atoms with E-state index in [1.807, 2.05) is 0 Å². The number of unbranched alkanes of at least 4 members (excludes halogenated alkanes) is 14. The Bertz CT molecular complexity index is 531. The predicted molar refractivity (Wildman–Crippen MR) is 132 cm³/mol. The summed E-state index contributed by atoms with van der Waals surface area (Å²) in [5.41, 5.74) is 0. The Kier molecular flexibility index (Phi) is 18.0. The molecule has 0 aromatic heterocycles. The van der Waals surface area contributed by atoms with Crippen molar-refractivity contribution in [3.05, 3.63) is 0 Å². The number of hydrogen-bond donors (Lipinski definition) is 1. The van der Waals surface area contributed by atoms with Gasteiger partial charge in [0.25, 0.3) is 0 Å². The summed E-state index contributed by atoms with van der Waals surface area (Å²) in [4.78, 5) is 23.2. The van der Waals surface area contributed by atoms with Crippen LogP contribution in [0.25, 0.3) is 0 Å². The molecule has 0 spiro atoms. The van der Waals surface area contributed by atoms with Crippen LogP contribution >= 0.6 is 12.4 Å². The molecule has 0 aliphatic rings. The highest BCUT2D eigenvalue weighted by Gasteiger charge is 2.24. The van der Waals surface area contributed by atoms with Crippen molar-refractivity contribution in [2.24, 2.45) is 0 Å². The second kappa shape index (κ2) is 21.1. The quantitative estimate of drug-likeness (QED) is 0.115. The number of rotatable bonds is 21. The van der Waals surface area contributed by atoms with E-state index in [2.05, 4.69) is 6.92 Å². The van der Waals surface area contributed by atoms with Crippen LogP contribution in [0.1, 0.15) is 120 Å². The maximum atomic E-state index is 12.1. The van der Waals surface area contributed by atoms with Crippen LogP contribution in [0, 0.1) is 0 Å². The third-order valence-corrected chi connectivity index (χ3v) is 5.34. The zero-order valence-electron chi connectivity index (χ0n) is 23.3. The number of carboxylic acid groups (broad SMARTS) is 1. The van der Waals surface area contributed by atoms with Gasteiger partial charge in [-0.15, -0.1) is 12.4 Å². The van der Waals surface area contributed by atoms with Crippen LogP contribution < -0.4 is 0 Å². The molecular weight excluding hydrogens is 414 g/mol. The van der Waals surface area contributed by atoms with Gasteiger partial charge in [0.05, 0.1) is 31.6 Å². The van der Waals surface area contributed by atoms with E-state index in [1.165, 1.54) is 91.1 Å². The normalized spacial score (nSPS) is 14.1. The Labute approximate surface area is 202 Å². The topological polar surface area (TPSA) is 63.6 Å². The number of carbonyl (C=O) groups excluding carboxylic acids is 1. The molecule has 1 atom stereocenters. The van der Waals surface area contributed by atoms with Crippen molar-refractivity contribution in [1.82, 2.24) is 0 Å². The minimum atomic E-state index is -2.31. The lowest BCUT2D eigenvalue weighted by Gasteiger charge is -2.28. The molecule has 0 saturated heterocycles. The van der Waals surface area contributed by atoms with Gasteiger partial charge in [-0.3, -0.25) is 9.59 Å². The van der Waals surface area contributed by atoms with E-state index in [4.69, 9.17) is 14.0 Å². The van der Waals surface area contributed by atoms with Crippen LogP contribution in [-0.2, 0) is 14.3 Å². The van der Waals surface area contributed by atoms with E-state index < -0.39 is 29.5 Å². The number of aliphatic carboxylic acids is 1. The Balaban J connectivity index is 0. The van der Waals surface area contributed by atoms with E-state index >= 15 is 0 Å². The summed E-state index contributed by atoms with van der Waals surface area (Å²) in [5.74, 6) is -1.55. The van der Waals surface area contributed by atoms with E-state index in [-0.39, 0.29) is 31.8 Å². The molecule has 6 heteroatoms. The van der Waals surface area contributed by atoms with E-state index in [0.29, 0.717) is 6.42 Å². The van der Waals surface area contributed by atoms with E-state index in [0.717, 1.165) is 12.8 Å². The number of quaternary nitrogens is 1. The number of ether oxygens (including phenoxy) is 1. The smallest absolute Gasteiger partial charge is 0.307 e. The van der Waals surface area contributed by atoms with Gasteiger partial charge in [-0.2, -0.15) is 0 Å². The summed E-state index contributed by atoms with van der Waals surface area (Å²) < 4.78 is 27.7. The third kappa shape index (κ3) is 25.3. The summed E-state index contributed by atoms with van der Waals surface area (Å²) in [6, 6.07) is 0. The van der Waals surface area contributed by atoms with Crippen molar-refractivity contribution in [2.45, 2.75) is 122 Å². The predicted octanol–water partition coefficient (Wildman–Crippen LogP) is 6.76. The van der Waals surface area contributed by atoms with Gasteiger partial charge in [-0.1, -0.05) is 96.8 Å². The fourth-order valence-corrected chi connectivity index (χ4v) is 3.73. The summed E-state index contributed by atoms with van der Waals surface area (Å²) in [6.07, 6.45) is 17.6. The molecule has 0 aromatic carbocycles. The Morgan fingerprint density at radius 2 is 1.26 bits per heavy atom. The maximum absolute atomic E-state index is 12.1. The minimum absolute atomic E-state index is 0. The Hall–Kier alpha value is -0.810. The van der Waals surface area contributed by atoms with Crippen molar-refractivity contribution >= 4 is 24.3 Å². The van der Waals surface area contributed by atoms with Gasteiger partial charge in [-0.05, 0) is 6.42 Å². The molecule has 0 radical (unpaired) electrons. The molecule has 0 aliphatic heterocycles. The number of carbonyl (C=O) groups is 2. The van der Waals surface area contributed by atoms with Gasteiger partial charge in [0.2, 0.25) is 0 Å². The second-order valence-corrected chi connectivity index (χ2v) is 9.28. The third-order valence-electron chi connectivity index (χ3n) is 5.34. The summed E-state index contributed by atoms with van der Waals surface area (Å²) in [6.45, 7) is -0.119. The van der Waals surface area contributed by atoms with Crippen LogP contribution in [0.3, 0.4) is 0 Å². The summed E-state index contributed by atoms with van der Waals surface area (Å²) in [5, 5.41) is 9.07. The van der Waals surface area contributed by atoms with Crippen molar-refractivity contribution in [3.8, 4) is 0 Å². The molecule has 0 aliphatic carbocycles. The highest BCUT2D eigenvalue weighted by molar-refractivity contribution is 5.85. The van der Waals surface area contributed by atoms with Crippen molar-refractivity contribution < 1.29 is 28.0 Å². The maximum Gasteiger partial charge on any atom is 0.307 e. The number of halogens is 1. The van der Waals surface area contributed by atoms with Crippen LogP contribution in [0.15, 0.2) is 0 Å². The van der Waals surface area contributed by atoms with Crippen LogP contribution in [0.2, 0.25) is 0 Å². The number of hydrogen-bond acceptors (Lipinski definition) is 3. The minimum Gasteiger partial charge on any atom is -0.481 e. The van der Waals surface area contributed by atoms with Gasteiger partial charge in [0.15, 0.2) is 6.10 Å². The number of nitrogens with zero attached hydrogens (tertiary/aromatic N) is 1. The van der Waals surface area contributed by atoms with E-state index in [1.54, 1.807) is 0 Å². The van der Waals surface area contributed by atoms with Crippen LogP contribution in [-0.4, -0.2) is 55.2 Å². The lowest BCUT2D eigenvalue weighted by Crippen LogP contribution is -2.43. The number of esters is 1. The summed E-state index contributed by atoms with van der Waals surface area (Å²) in [7, 11) is 2.98. The first-order chi connectivity index (χ1) is 15.5. The molecule has 0 bridgehead atoms. The molecule has 0 unspecified atom stereocenters. The molecule has 0 amide bonds. The first kappa shape index (κ1) is 26.4. The zero-order chi connectivity index (χ0) is 25.2. The highest BCUT2D eigenvalue weighted by Crippen LogP contribution is 2.14. The lowest BCUT2D eigenvalue weighted by molar-refractivity contribution is -0.873. The first-order valence-electron chi connectivity index (χ1n) is 13.7. The molecular formula is C25H51ClNO4+. The zero-order valence-corrected chi connectivity index (χ0v) is 21.1. The molecule has 0 heterocycles. The van der Waals surface area contributed by atoms with Crippen LogP contribution in [0.4, 0.5) is 0 Å². The van der Waals surface area contributed by atoms with Gasteiger partial charge in [-0.25, -0.2) is 0 Å². The Morgan fingerprint density at radius 3 is 1.65 bits per heavy atom. The molecule has 1 N–H and O–H groups in total. The Morgan fingerprint density at radius 1 is 0.839 bits per heavy atom. The van der Waals surface area contributed by atoms with Gasteiger partial charge < -0.3 is 14.3 Å². The van der Waals surface area contributed by atoms with Gasteiger partial charge >= 0.3 is 11.9 Å². The second-order valence-electron chi connectivity index (χ2n) is 9.28. The van der Waals surface area contributed by atoms with Crippen molar-refractivity contribution in [3.63, 3.8) is 0 Å². The van der Waals surface area contributed by atoms with E-state index in [9.17, 15) is 9.59 Å². The fraction of sp³-hybridized carbons (Fsp3) is 0.920. The number of likely N-dealkylation sites (N-methyl/N-ethyl adjacent to an activating group) is 1. The lowest BCUT2D eigenvalue weighted by atomic mass is 10.0. The average molecular weight is 468 g/mol. The molecule has 186 valence electrons. The largest absolute Gasteiger partial charge is 0.481 e. The van der Waals surface area contributed by atoms with Crippen LogP contribution in [0.5, 0.6) is 0 Å². The van der Waals surface area contributed by atoms with Gasteiger partial charge in [0, 0.05) is 6.42 Å². The standard InChI is InChI=1S/C25H49NO4.ClH/c1-5-6-7-8-9-10-11-12-13-14-15-16-17-18-19-20-25(29)30-23(21-24(27)28)22-26(2,3)4;/h23H,5-22H2,1-4H3;1H/p+1/t23-;/m0./s1/i2D3;. The average Bonchev–Trinajstić information content (AvgIpc) is 2.69. The number of carboxylic acids is 1. The molecule has 0 aromatic rings. The molecule has 31 heavy (non-hydrogen) atoms. The molecule has 0 saturated carbocycles. The highest BCUT2D eigenvalue weighted by atomic mass is 35.5. The van der Waals surface area contributed by atoms with Crippen molar-refractivity contribution in [2.75, 3.05) is 27.6 Å². The molecule has 0 fully saturated rings. The fourth-order valence-electron chi connectivity index (χ4n) is 3.73. The SMILES string of the molecule is Cl.[2H]C([2H])([2H])[N+](C)(C)C[C@H](CC(=O)O)OC(=O)CCCCCCCCCCCCCCCCC. The molecule has 5 nitrogen and oxygen atoms in total. The first-order valence-corrected chi connectivity index (χ1v) is 12.2.